The van der Waals surface area contributed by atoms with Crippen LogP contribution in [-0.4, -0.2) is 26.2 Å². The van der Waals surface area contributed by atoms with Crippen molar-refractivity contribution in [3.05, 3.63) is 30.3 Å². The zero-order valence-electron chi connectivity index (χ0n) is 11.3. The Labute approximate surface area is 110 Å². The van der Waals surface area contributed by atoms with E-state index in [2.05, 4.69) is 47.6 Å². The summed E-state index contributed by atoms with van der Waals surface area (Å²) in [4.78, 5) is 2.34. The van der Waals surface area contributed by atoms with Gasteiger partial charge >= 0.3 is 0 Å². The van der Waals surface area contributed by atoms with Crippen molar-refractivity contribution < 1.29 is 0 Å². The summed E-state index contributed by atoms with van der Waals surface area (Å²) >= 11 is 0. The Morgan fingerprint density at radius 2 is 1.72 bits per heavy atom. The molecule has 2 nitrogen and oxygen atoms in total. The predicted octanol–water partition coefficient (Wildman–Crippen LogP) is 2.90. The molecule has 2 aliphatic carbocycles. The van der Waals surface area contributed by atoms with Gasteiger partial charge in [-0.1, -0.05) is 18.2 Å². The highest BCUT2D eigenvalue weighted by Gasteiger charge is 2.40. The number of anilines is 1. The Morgan fingerprint density at radius 3 is 2.28 bits per heavy atom. The van der Waals surface area contributed by atoms with E-state index < -0.39 is 0 Å². The van der Waals surface area contributed by atoms with E-state index in [4.69, 9.17) is 0 Å². The molecule has 0 radical (unpaired) electrons. The summed E-state index contributed by atoms with van der Waals surface area (Å²) in [6.07, 6.45) is 5.84. The molecule has 0 saturated heterocycles. The van der Waals surface area contributed by atoms with Gasteiger partial charge < -0.3 is 10.2 Å². The van der Waals surface area contributed by atoms with Gasteiger partial charge in [0.25, 0.3) is 0 Å². The van der Waals surface area contributed by atoms with Crippen molar-refractivity contribution in [1.29, 1.82) is 0 Å². The third kappa shape index (κ3) is 3.05. The summed E-state index contributed by atoms with van der Waals surface area (Å²) in [5, 5.41) is 3.80. The van der Waals surface area contributed by atoms with Gasteiger partial charge in [0.15, 0.2) is 0 Å². The van der Waals surface area contributed by atoms with Crippen LogP contribution in [0.25, 0.3) is 0 Å². The highest BCUT2D eigenvalue weighted by atomic mass is 15.1. The number of likely N-dealkylation sites (N-methyl/N-ethyl adjacent to an activating group) is 1. The van der Waals surface area contributed by atoms with Crippen molar-refractivity contribution in [3.63, 3.8) is 0 Å². The molecule has 1 N–H and O–H groups in total. The first-order chi connectivity index (χ1) is 8.84. The van der Waals surface area contributed by atoms with Crippen LogP contribution in [0.15, 0.2) is 30.3 Å². The Hall–Kier alpha value is -1.02. The minimum Gasteiger partial charge on any atom is -0.373 e. The van der Waals surface area contributed by atoms with Crippen LogP contribution in [-0.2, 0) is 0 Å². The van der Waals surface area contributed by atoms with Crippen LogP contribution in [0, 0.1) is 11.8 Å². The molecule has 1 aromatic carbocycles. The molecule has 2 saturated carbocycles. The van der Waals surface area contributed by atoms with Gasteiger partial charge in [-0.25, -0.2) is 0 Å². The van der Waals surface area contributed by atoms with Crippen molar-refractivity contribution in [2.24, 2.45) is 11.8 Å². The van der Waals surface area contributed by atoms with E-state index in [0.29, 0.717) is 0 Å². The maximum atomic E-state index is 3.80. The summed E-state index contributed by atoms with van der Waals surface area (Å²) < 4.78 is 0. The third-order valence-electron chi connectivity index (χ3n) is 4.28. The molecule has 0 atom stereocenters. The molecule has 0 unspecified atom stereocenters. The van der Waals surface area contributed by atoms with E-state index in [9.17, 15) is 0 Å². The predicted molar refractivity (Wildman–Crippen MR) is 77.0 cm³/mol. The first kappa shape index (κ1) is 12.0. The van der Waals surface area contributed by atoms with Crippen LogP contribution in [0.2, 0.25) is 0 Å². The maximum absolute atomic E-state index is 3.80. The largest absolute Gasteiger partial charge is 0.373 e. The molecule has 2 fully saturated rings. The third-order valence-corrected chi connectivity index (χ3v) is 4.28. The molecule has 0 spiro atoms. The van der Waals surface area contributed by atoms with Crippen molar-refractivity contribution in [2.45, 2.75) is 31.7 Å². The van der Waals surface area contributed by atoms with Crippen molar-refractivity contribution in [2.75, 3.05) is 25.0 Å². The molecule has 2 heteroatoms. The monoisotopic (exact) mass is 244 g/mol. The number of benzene rings is 1. The fourth-order valence-electron chi connectivity index (χ4n) is 2.84. The SMILES string of the molecule is CN(CCNC(C1CC1)C1CC1)c1ccccc1. The second kappa shape index (κ2) is 5.31. The molecule has 0 aliphatic heterocycles. The number of nitrogens with zero attached hydrogens (tertiary/aromatic N) is 1. The van der Waals surface area contributed by atoms with E-state index in [1.165, 1.54) is 31.4 Å². The quantitative estimate of drug-likeness (QED) is 0.793. The molecule has 3 rings (SSSR count). The normalized spacial score (nSPS) is 19.2. The van der Waals surface area contributed by atoms with Crippen LogP contribution in [0.3, 0.4) is 0 Å². The number of para-hydroxylation sites is 1. The average Bonchev–Trinajstić information content (AvgIpc) is 3.29. The summed E-state index contributed by atoms with van der Waals surface area (Å²) in [6.45, 7) is 2.21. The first-order valence-electron chi connectivity index (χ1n) is 7.34. The van der Waals surface area contributed by atoms with Crippen LogP contribution in [0.4, 0.5) is 5.69 Å². The minimum atomic E-state index is 0.828. The van der Waals surface area contributed by atoms with Gasteiger partial charge in [-0.3, -0.25) is 0 Å². The zero-order chi connectivity index (χ0) is 12.4. The second-order valence-corrected chi connectivity index (χ2v) is 5.91. The van der Waals surface area contributed by atoms with E-state index in [0.717, 1.165) is 31.0 Å². The van der Waals surface area contributed by atoms with Crippen LogP contribution in [0.5, 0.6) is 0 Å². The Morgan fingerprint density at radius 1 is 1.11 bits per heavy atom. The lowest BCUT2D eigenvalue weighted by Gasteiger charge is -2.23. The van der Waals surface area contributed by atoms with Gasteiger partial charge in [-0.2, -0.15) is 0 Å². The van der Waals surface area contributed by atoms with Crippen molar-refractivity contribution >= 4 is 5.69 Å². The molecule has 2 aliphatic rings. The highest BCUT2D eigenvalue weighted by Crippen LogP contribution is 2.44. The number of hydrogen-bond donors (Lipinski definition) is 1. The van der Waals surface area contributed by atoms with E-state index in [1.807, 2.05) is 0 Å². The summed E-state index contributed by atoms with van der Waals surface area (Å²) in [5.74, 6) is 2.00. The van der Waals surface area contributed by atoms with Gasteiger partial charge in [-0.05, 0) is 49.7 Å². The van der Waals surface area contributed by atoms with Gasteiger partial charge in [0.1, 0.15) is 0 Å². The van der Waals surface area contributed by atoms with Gasteiger partial charge in [0.05, 0.1) is 0 Å². The number of hydrogen-bond acceptors (Lipinski definition) is 2. The Kier molecular flexibility index (Phi) is 3.55. The second-order valence-electron chi connectivity index (χ2n) is 5.91. The summed E-state index contributed by atoms with van der Waals surface area (Å²) in [7, 11) is 2.18. The molecule has 18 heavy (non-hydrogen) atoms. The number of nitrogens with one attached hydrogen (secondary N) is 1. The van der Waals surface area contributed by atoms with Crippen LogP contribution in [0.1, 0.15) is 25.7 Å². The zero-order valence-corrected chi connectivity index (χ0v) is 11.3. The topological polar surface area (TPSA) is 15.3 Å². The lowest BCUT2D eigenvalue weighted by Crippen LogP contribution is -2.38. The fraction of sp³-hybridized carbons (Fsp3) is 0.625. The summed E-state index contributed by atoms with van der Waals surface area (Å²) in [6, 6.07) is 11.5. The first-order valence-corrected chi connectivity index (χ1v) is 7.34. The van der Waals surface area contributed by atoms with E-state index in [-0.39, 0.29) is 0 Å². The average molecular weight is 244 g/mol. The molecule has 98 valence electrons. The molecule has 0 amide bonds. The molecule has 0 aromatic heterocycles. The van der Waals surface area contributed by atoms with Crippen molar-refractivity contribution in [1.82, 2.24) is 5.32 Å². The van der Waals surface area contributed by atoms with Crippen molar-refractivity contribution in [3.8, 4) is 0 Å². The van der Waals surface area contributed by atoms with Gasteiger partial charge in [-0.15, -0.1) is 0 Å². The van der Waals surface area contributed by atoms with Gasteiger partial charge in [0, 0.05) is 31.9 Å². The maximum Gasteiger partial charge on any atom is 0.0364 e. The molecular weight excluding hydrogens is 220 g/mol. The van der Waals surface area contributed by atoms with Crippen LogP contribution < -0.4 is 10.2 Å². The van der Waals surface area contributed by atoms with Crippen LogP contribution >= 0.6 is 0 Å². The Bertz CT molecular complexity index is 356. The molecule has 1 aromatic rings. The summed E-state index contributed by atoms with van der Waals surface area (Å²) in [5.41, 5.74) is 1.31. The fourth-order valence-corrected chi connectivity index (χ4v) is 2.84. The highest BCUT2D eigenvalue weighted by molar-refractivity contribution is 5.44. The van der Waals surface area contributed by atoms with Gasteiger partial charge in [0.2, 0.25) is 0 Å². The smallest absolute Gasteiger partial charge is 0.0364 e. The van der Waals surface area contributed by atoms with E-state index >= 15 is 0 Å². The molecular formula is C16H24N2. The Balaban J connectivity index is 1.43. The standard InChI is InChI=1S/C16H24N2/c1-18(15-5-3-2-4-6-15)12-11-17-16(13-7-8-13)14-9-10-14/h2-6,13-14,16-17H,7-12H2,1H3. The lowest BCUT2D eigenvalue weighted by atomic mass is 10.1. The van der Waals surface area contributed by atoms with E-state index in [1.54, 1.807) is 0 Å². The number of rotatable bonds is 7. The minimum absolute atomic E-state index is 0.828. The lowest BCUT2D eigenvalue weighted by molar-refractivity contribution is 0.421. The molecule has 0 bridgehead atoms. The molecule has 0 heterocycles.